The van der Waals surface area contributed by atoms with Crippen molar-refractivity contribution in [1.29, 1.82) is 0 Å². The first-order valence-electron chi connectivity index (χ1n) is 8.52. The van der Waals surface area contributed by atoms with E-state index in [1.54, 1.807) is 0 Å². The molecule has 3 aliphatic rings. The minimum absolute atomic E-state index is 0.117. The highest BCUT2D eigenvalue weighted by molar-refractivity contribution is 5.86. The number of rotatable bonds is 6. The quantitative estimate of drug-likeness (QED) is 0.385. The van der Waals surface area contributed by atoms with E-state index < -0.39 is 18.1 Å². The molecule has 0 radical (unpaired) electrons. The van der Waals surface area contributed by atoms with Gasteiger partial charge in [-0.05, 0) is 36.6 Å². The van der Waals surface area contributed by atoms with Crippen molar-refractivity contribution in [2.24, 2.45) is 28.9 Å². The predicted octanol–water partition coefficient (Wildman–Crippen LogP) is -1.91. The number of amides is 3. The van der Waals surface area contributed by atoms with Gasteiger partial charge in [-0.3, -0.25) is 14.4 Å². The second-order valence-corrected chi connectivity index (χ2v) is 7.81. The van der Waals surface area contributed by atoms with Crippen molar-refractivity contribution in [3.63, 3.8) is 0 Å². The fraction of sp³-hybridized carbons (Fsp3) is 0.812. The Hall–Kier alpha value is -1.67. The van der Waals surface area contributed by atoms with Gasteiger partial charge in [-0.15, -0.1) is 0 Å². The first-order valence-corrected chi connectivity index (χ1v) is 8.52. The van der Waals surface area contributed by atoms with Gasteiger partial charge in [0.2, 0.25) is 17.7 Å². The average molecular weight is 338 g/mol. The summed E-state index contributed by atoms with van der Waals surface area (Å²) in [5.74, 6) is -0.842. The number of piperidine rings is 1. The highest BCUT2D eigenvalue weighted by atomic mass is 16.3. The van der Waals surface area contributed by atoms with Crippen molar-refractivity contribution in [3.05, 3.63) is 0 Å². The Morgan fingerprint density at radius 2 is 2.17 bits per heavy atom. The number of aliphatic hydroxyl groups is 1. The molecule has 6 N–H and O–H groups in total. The van der Waals surface area contributed by atoms with Crippen LogP contribution in [0.4, 0.5) is 0 Å². The van der Waals surface area contributed by atoms with E-state index in [2.05, 4.69) is 29.8 Å². The van der Waals surface area contributed by atoms with Crippen LogP contribution >= 0.6 is 0 Å². The van der Waals surface area contributed by atoms with Crippen molar-refractivity contribution in [2.45, 2.75) is 44.9 Å². The smallest absolute Gasteiger partial charge is 0.248 e. The molecule has 1 aliphatic carbocycles. The van der Waals surface area contributed by atoms with Gasteiger partial charge in [0.15, 0.2) is 6.10 Å². The Morgan fingerprint density at radius 3 is 2.67 bits per heavy atom. The molecule has 0 spiro atoms. The first-order chi connectivity index (χ1) is 11.2. The molecular weight excluding hydrogens is 312 g/mol. The molecule has 2 aliphatic heterocycles. The Bertz CT molecular complexity index is 564. The van der Waals surface area contributed by atoms with Crippen molar-refractivity contribution in [3.8, 4) is 0 Å². The predicted molar refractivity (Wildman–Crippen MR) is 85.4 cm³/mol. The van der Waals surface area contributed by atoms with E-state index in [9.17, 15) is 19.5 Å². The average Bonchev–Trinajstić information content (AvgIpc) is 2.93. The second-order valence-electron chi connectivity index (χ2n) is 7.81. The van der Waals surface area contributed by atoms with E-state index in [-0.39, 0.29) is 41.5 Å². The molecule has 6 atom stereocenters. The van der Waals surface area contributed by atoms with E-state index in [0.717, 1.165) is 6.54 Å². The van der Waals surface area contributed by atoms with Crippen LogP contribution in [0.3, 0.4) is 0 Å². The molecule has 0 bridgehead atoms. The van der Waals surface area contributed by atoms with E-state index >= 15 is 0 Å². The maximum Gasteiger partial charge on any atom is 0.248 e. The number of hydrogen-bond donors (Lipinski definition) is 5. The lowest BCUT2D eigenvalue weighted by Crippen LogP contribution is -2.55. The third-order valence-electron chi connectivity index (χ3n) is 6.04. The van der Waals surface area contributed by atoms with Crippen molar-refractivity contribution < 1.29 is 19.5 Å². The fourth-order valence-corrected chi connectivity index (χ4v) is 4.39. The Kier molecular flexibility index (Phi) is 4.29. The van der Waals surface area contributed by atoms with E-state index in [1.165, 1.54) is 0 Å². The topological polar surface area (TPSA) is 134 Å². The first kappa shape index (κ1) is 17.2. The lowest BCUT2D eigenvalue weighted by atomic mass is 9.94. The van der Waals surface area contributed by atoms with E-state index in [4.69, 9.17) is 5.73 Å². The van der Waals surface area contributed by atoms with Crippen molar-refractivity contribution >= 4 is 17.7 Å². The van der Waals surface area contributed by atoms with Crippen molar-refractivity contribution in [2.75, 3.05) is 13.1 Å². The minimum atomic E-state index is -1.51. The van der Waals surface area contributed by atoms with Gasteiger partial charge in [0.25, 0.3) is 0 Å². The van der Waals surface area contributed by atoms with E-state index in [1.807, 2.05) is 0 Å². The molecule has 3 rings (SSSR count). The number of nitrogens with two attached hydrogens (primary N) is 1. The number of carbonyl (C=O) groups is 3. The maximum absolute atomic E-state index is 12.6. The molecule has 2 saturated heterocycles. The lowest BCUT2D eigenvalue weighted by Gasteiger charge is -2.27. The third-order valence-corrected chi connectivity index (χ3v) is 6.04. The van der Waals surface area contributed by atoms with Crippen LogP contribution in [0.25, 0.3) is 0 Å². The molecule has 3 fully saturated rings. The molecule has 8 heteroatoms. The second kappa shape index (κ2) is 6.00. The normalized spacial score (nSPS) is 35.7. The number of fused-ring (bicyclic) bond motifs is 1. The van der Waals surface area contributed by atoms with Crippen LogP contribution in [0.1, 0.15) is 26.7 Å². The molecule has 24 heavy (non-hydrogen) atoms. The fourth-order valence-electron chi connectivity index (χ4n) is 4.39. The van der Waals surface area contributed by atoms with Gasteiger partial charge in [0.1, 0.15) is 0 Å². The van der Waals surface area contributed by atoms with Gasteiger partial charge >= 0.3 is 0 Å². The summed E-state index contributed by atoms with van der Waals surface area (Å²) < 4.78 is 0. The zero-order chi connectivity index (χ0) is 17.6. The summed E-state index contributed by atoms with van der Waals surface area (Å²) in [6.45, 7) is 5.65. The molecule has 8 nitrogen and oxygen atoms in total. The van der Waals surface area contributed by atoms with Crippen LogP contribution in [0.5, 0.6) is 0 Å². The van der Waals surface area contributed by atoms with Gasteiger partial charge in [-0.2, -0.15) is 0 Å². The maximum atomic E-state index is 12.6. The highest BCUT2D eigenvalue weighted by Gasteiger charge is 2.65. The van der Waals surface area contributed by atoms with Crippen LogP contribution in [0.15, 0.2) is 0 Å². The summed E-state index contributed by atoms with van der Waals surface area (Å²) in [7, 11) is 0. The zero-order valence-electron chi connectivity index (χ0n) is 14.0. The summed E-state index contributed by atoms with van der Waals surface area (Å²) in [6.07, 6.45) is -0.686. The highest BCUT2D eigenvalue weighted by Crippen LogP contribution is 2.62. The van der Waals surface area contributed by atoms with Gasteiger partial charge < -0.3 is 26.8 Å². The Balaban J connectivity index is 1.66. The number of aliphatic hydroxyl groups excluding tert-OH is 1. The molecule has 0 aromatic heterocycles. The van der Waals surface area contributed by atoms with Crippen LogP contribution in [0.2, 0.25) is 0 Å². The monoisotopic (exact) mass is 338 g/mol. The zero-order valence-corrected chi connectivity index (χ0v) is 14.0. The standard InChI is InChI=1S/C16H26N4O4/c1-16(2)8-6-19-11(10(8)16)15(24)20-9(12(21)13(17)22)5-7-3-4-18-14(7)23/h7-12,19,21H,3-6H2,1-2H3,(H2,17,22)(H,18,23)(H,20,24)/t7-,8-,9-,10-,11-,12?/m0/s1. The molecule has 1 unspecified atom stereocenters. The SMILES string of the molecule is CC1(C)[C@@H]2[C@@H](C(=O)N[C@@H](C[C@@H]3CCNC3=O)C(O)C(N)=O)NC[C@@H]21. The summed E-state index contributed by atoms with van der Waals surface area (Å²) in [6, 6.07) is -1.18. The molecule has 2 heterocycles. The van der Waals surface area contributed by atoms with Gasteiger partial charge in [0.05, 0.1) is 12.1 Å². The molecular formula is C16H26N4O4. The van der Waals surface area contributed by atoms with E-state index in [0.29, 0.717) is 18.9 Å². The molecule has 3 amide bonds. The van der Waals surface area contributed by atoms with Gasteiger partial charge in [-0.1, -0.05) is 13.8 Å². The number of primary amides is 1. The molecule has 0 aromatic carbocycles. The summed E-state index contributed by atoms with van der Waals surface area (Å²) in [5, 5.41) is 18.7. The molecule has 1 saturated carbocycles. The number of carbonyl (C=O) groups excluding carboxylic acids is 3. The van der Waals surface area contributed by atoms with Gasteiger partial charge in [-0.25, -0.2) is 0 Å². The van der Waals surface area contributed by atoms with Crippen LogP contribution in [-0.4, -0.2) is 54.1 Å². The summed E-state index contributed by atoms with van der Waals surface area (Å²) >= 11 is 0. The van der Waals surface area contributed by atoms with Crippen LogP contribution < -0.4 is 21.7 Å². The van der Waals surface area contributed by atoms with Crippen molar-refractivity contribution in [1.82, 2.24) is 16.0 Å². The summed E-state index contributed by atoms with van der Waals surface area (Å²) in [5.41, 5.74) is 5.33. The van der Waals surface area contributed by atoms with Gasteiger partial charge in [0, 0.05) is 12.5 Å². The largest absolute Gasteiger partial charge is 0.381 e. The summed E-state index contributed by atoms with van der Waals surface area (Å²) in [4.78, 5) is 35.8. The third kappa shape index (κ3) is 2.88. The van der Waals surface area contributed by atoms with Crippen LogP contribution in [0, 0.1) is 23.2 Å². The number of hydrogen-bond acceptors (Lipinski definition) is 5. The van der Waals surface area contributed by atoms with Crippen LogP contribution in [-0.2, 0) is 14.4 Å². The number of nitrogens with one attached hydrogen (secondary N) is 3. The molecule has 0 aromatic rings. The Labute approximate surface area is 140 Å². The minimum Gasteiger partial charge on any atom is -0.381 e. The Morgan fingerprint density at radius 1 is 1.46 bits per heavy atom. The molecule has 134 valence electrons. The lowest BCUT2D eigenvalue weighted by molar-refractivity contribution is -0.132.